The molecule has 0 radical (unpaired) electrons. The van der Waals surface area contributed by atoms with Crippen LogP contribution in [0.5, 0.6) is 0 Å². The minimum Gasteiger partial charge on any atom is -0.465 e. The molecule has 4 bridgehead atoms. The zero-order valence-electron chi connectivity index (χ0n) is 19.5. The van der Waals surface area contributed by atoms with Crippen molar-refractivity contribution in [2.75, 3.05) is 7.11 Å². The lowest BCUT2D eigenvalue weighted by atomic mass is 9.47. The van der Waals surface area contributed by atoms with Gasteiger partial charge in [0.05, 0.1) is 18.8 Å². The van der Waals surface area contributed by atoms with E-state index in [1.54, 1.807) is 0 Å². The molecule has 4 aliphatic carbocycles. The van der Waals surface area contributed by atoms with Crippen LogP contribution in [-0.4, -0.2) is 18.2 Å². The maximum atomic E-state index is 11.8. The van der Waals surface area contributed by atoms with Crippen molar-refractivity contribution in [1.82, 2.24) is 0 Å². The van der Waals surface area contributed by atoms with Crippen LogP contribution in [0.15, 0.2) is 54.6 Å². The molecule has 1 unspecified atom stereocenters. The molecule has 4 fully saturated rings. The van der Waals surface area contributed by atoms with Crippen LogP contribution in [0.2, 0.25) is 0 Å². The normalized spacial score (nSPS) is 28.8. The van der Waals surface area contributed by atoms with E-state index in [2.05, 4.69) is 30.3 Å². The highest BCUT2D eigenvalue weighted by atomic mass is 16.5. The number of carbonyl (C=O) groups is 1. The topological polar surface area (TPSA) is 46.5 Å². The van der Waals surface area contributed by atoms with E-state index in [-0.39, 0.29) is 11.4 Å². The molecule has 0 spiro atoms. The number of aliphatic hydroxyl groups excluding tert-OH is 1. The molecule has 3 heteroatoms. The van der Waals surface area contributed by atoms with Crippen LogP contribution in [0.4, 0.5) is 0 Å². The van der Waals surface area contributed by atoms with Gasteiger partial charge in [0.2, 0.25) is 0 Å². The summed E-state index contributed by atoms with van der Waals surface area (Å²) in [5, 5.41) is 13.2. The number of hydrogen-bond acceptors (Lipinski definition) is 3. The fraction of sp³-hybridized carbons (Fsp3) is 0.433. The smallest absolute Gasteiger partial charge is 0.337 e. The van der Waals surface area contributed by atoms with Crippen LogP contribution in [0.25, 0.3) is 21.9 Å². The number of benzene rings is 3. The van der Waals surface area contributed by atoms with Gasteiger partial charge >= 0.3 is 5.97 Å². The lowest BCUT2D eigenvalue weighted by Gasteiger charge is -2.57. The third kappa shape index (κ3) is 3.49. The number of aliphatic hydroxyl groups is 1. The number of fused-ring (bicyclic) bond motifs is 1. The van der Waals surface area contributed by atoms with Gasteiger partial charge in [-0.3, -0.25) is 0 Å². The minimum atomic E-state index is -0.456. The molecule has 1 atom stereocenters. The second-order valence-electron chi connectivity index (χ2n) is 10.9. The molecule has 33 heavy (non-hydrogen) atoms. The summed E-state index contributed by atoms with van der Waals surface area (Å²) in [4.78, 5) is 11.8. The van der Waals surface area contributed by atoms with E-state index in [1.807, 2.05) is 31.2 Å². The van der Waals surface area contributed by atoms with Gasteiger partial charge < -0.3 is 9.84 Å². The summed E-state index contributed by atoms with van der Waals surface area (Å²) in [5.74, 6) is 2.29. The highest BCUT2D eigenvalue weighted by Crippen LogP contribution is 2.61. The maximum Gasteiger partial charge on any atom is 0.337 e. The number of methoxy groups -OCH3 is 1. The van der Waals surface area contributed by atoms with E-state index in [4.69, 9.17) is 4.74 Å². The average Bonchev–Trinajstić information content (AvgIpc) is 2.81. The Balaban J connectivity index is 1.44. The molecule has 0 saturated heterocycles. The van der Waals surface area contributed by atoms with Crippen LogP contribution in [0.3, 0.4) is 0 Å². The van der Waals surface area contributed by atoms with Crippen molar-refractivity contribution in [3.8, 4) is 11.1 Å². The van der Waals surface area contributed by atoms with Gasteiger partial charge in [0.25, 0.3) is 0 Å². The third-order valence-corrected chi connectivity index (χ3v) is 8.71. The molecular formula is C30H32O3. The van der Waals surface area contributed by atoms with E-state index < -0.39 is 6.10 Å². The monoisotopic (exact) mass is 440 g/mol. The number of hydrogen-bond donors (Lipinski definition) is 1. The molecule has 4 aliphatic rings. The van der Waals surface area contributed by atoms with Crippen molar-refractivity contribution < 1.29 is 14.6 Å². The first-order valence-corrected chi connectivity index (χ1v) is 12.4. The van der Waals surface area contributed by atoms with Crippen LogP contribution in [0, 0.1) is 17.8 Å². The Hall–Kier alpha value is -2.65. The molecule has 170 valence electrons. The molecule has 0 aromatic heterocycles. The van der Waals surface area contributed by atoms with Crippen molar-refractivity contribution in [1.29, 1.82) is 0 Å². The van der Waals surface area contributed by atoms with Crippen LogP contribution < -0.4 is 0 Å². The van der Waals surface area contributed by atoms with Gasteiger partial charge in [-0.05, 0) is 126 Å². The lowest BCUT2D eigenvalue weighted by Crippen LogP contribution is -2.49. The van der Waals surface area contributed by atoms with Crippen molar-refractivity contribution in [3.63, 3.8) is 0 Å². The highest BCUT2D eigenvalue weighted by Gasteiger charge is 2.52. The predicted octanol–water partition coefficient (Wildman–Crippen LogP) is 6.81. The quantitative estimate of drug-likeness (QED) is 0.453. The summed E-state index contributed by atoms with van der Waals surface area (Å²) in [7, 11) is 1.41. The first-order valence-electron chi connectivity index (χ1n) is 12.4. The molecule has 1 N–H and O–H groups in total. The minimum absolute atomic E-state index is 0.243. The summed E-state index contributed by atoms with van der Waals surface area (Å²) in [6, 6.07) is 18.8. The van der Waals surface area contributed by atoms with Gasteiger partial charge in [-0.2, -0.15) is 0 Å². The van der Waals surface area contributed by atoms with Gasteiger partial charge in [-0.25, -0.2) is 4.79 Å². The molecule has 0 heterocycles. The van der Waals surface area contributed by atoms with Gasteiger partial charge in [-0.15, -0.1) is 0 Å². The Morgan fingerprint density at radius 3 is 2.06 bits per heavy atom. The Morgan fingerprint density at radius 1 is 0.879 bits per heavy atom. The maximum absolute atomic E-state index is 11.8. The van der Waals surface area contributed by atoms with E-state index in [0.29, 0.717) is 5.56 Å². The predicted molar refractivity (Wildman–Crippen MR) is 131 cm³/mol. The van der Waals surface area contributed by atoms with Crippen LogP contribution in [-0.2, 0) is 10.2 Å². The largest absolute Gasteiger partial charge is 0.465 e. The Kier molecular flexibility index (Phi) is 4.88. The lowest BCUT2D eigenvalue weighted by molar-refractivity contribution is -0.00642. The van der Waals surface area contributed by atoms with Gasteiger partial charge in [0, 0.05) is 0 Å². The molecular weight excluding hydrogens is 408 g/mol. The van der Waals surface area contributed by atoms with Crippen LogP contribution >= 0.6 is 0 Å². The zero-order valence-corrected chi connectivity index (χ0v) is 19.5. The molecule has 3 aromatic carbocycles. The Bertz CT molecular complexity index is 1190. The molecule has 3 nitrogen and oxygen atoms in total. The van der Waals surface area contributed by atoms with Gasteiger partial charge in [0.15, 0.2) is 0 Å². The fourth-order valence-electron chi connectivity index (χ4n) is 7.66. The highest BCUT2D eigenvalue weighted by molar-refractivity contribution is 5.91. The molecule has 7 rings (SSSR count). The van der Waals surface area contributed by atoms with E-state index in [9.17, 15) is 9.90 Å². The van der Waals surface area contributed by atoms with Crippen molar-refractivity contribution in [2.45, 2.75) is 57.0 Å². The first kappa shape index (κ1) is 20.9. The number of rotatable bonds is 4. The molecule has 4 saturated carbocycles. The van der Waals surface area contributed by atoms with Gasteiger partial charge in [0.1, 0.15) is 0 Å². The van der Waals surface area contributed by atoms with Crippen molar-refractivity contribution in [2.24, 2.45) is 17.8 Å². The molecule has 3 aromatic rings. The molecule has 0 amide bonds. The summed E-state index contributed by atoms with van der Waals surface area (Å²) in [6.45, 7) is 1.92. The SMILES string of the molecule is COC(=O)c1ccc(-c2ccc3cc(C(C)O)c(C45CC6CC(CC(C6)C4)C5)cc3c2)cc1. The fourth-order valence-corrected chi connectivity index (χ4v) is 7.66. The summed E-state index contributed by atoms with van der Waals surface area (Å²) in [5.41, 5.74) is 5.56. The number of esters is 1. The summed E-state index contributed by atoms with van der Waals surface area (Å²) in [6.07, 6.45) is 7.67. The van der Waals surface area contributed by atoms with E-state index in [0.717, 1.165) is 34.4 Å². The third-order valence-electron chi connectivity index (χ3n) is 8.71. The second-order valence-corrected chi connectivity index (χ2v) is 10.9. The average molecular weight is 441 g/mol. The van der Waals surface area contributed by atoms with Crippen molar-refractivity contribution in [3.05, 3.63) is 71.3 Å². The van der Waals surface area contributed by atoms with Crippen molar-refractivity contribution >= 4 is 16.7 Å². The van der Waals surface area contributed by atoms with E-state index >= 15 is 0 Å². The van der Waals surface area contributed by atoms with Gasteiger partial charge in [-0.1, -0.05) is 30.3 Å². The number of carbonyl (C=O) groups excluding carboxylic acids is 1. The first-order chi connectivity index (χ1) is 15.9. The molecule has 0 aliphatic heterocycles. The zero-order chi connectivity index (χ0) is 22.7. The summed E-state index contributed by atoms with van der Waals surface area (Å²) >= 11 is 0. The Morgan fingerprint density at radius 2 is 1.48 bits per heavy atom. The van der Waals surface area contributed by atoms with E-state index in [1.165, 1.54) is 62.0 Å². The van der Waals surface area contributed by atoms with Crippen LogP contribution in [0.1, 0.15) is 73.0 Å². The standard InChI is InChI=1S/C30H32O3/c1-18(31)27-13-25-8-7-24(22-3-5-23(6-4-22)29(32)33-2)12-26(25)14-28(27)30-15-19-9-20(16-30)11-21(10-19)17-30/h3-8,12-14,18-21,31H,9-11,15-17H2,1-2H3. The second kappa shape index (κ2) is 7.70. The Labute approximate surface area is 195 Å². The summed E-state index contributed by atoms with van der Waals surface area (Å²) < 4.78 is 4.82. The number of ether oxygens (including phenoxy) is 1.